The van der Waals surface area contributed by atoms with E-state index in [1.165, 1.54) is 23.9 Å². The molecule has 0 spiro atoms. The van der Waals surface area contributed by atoms with Crippen molar-refractivity contribution in [1.82, 2.24) is 9.97 Å². The predicted octanol–water partition coefficient (Wildman–Crippen LogP) is 2.51. The molecule has 2 heteroatoms. The fourth-order valence-electron chi connectivity index (χ4n) is 1.71. The van der Waals surface area contributed by atoms with Crippen LogP contribution >= 0.6 is 0 Å². The van der Waals surface area contributed by atoms with Crippen molar-refractivity contribution in [2.45, 2.75) is 18.8 Å². The van der Waals surface area contributed by atoms with E-state index in [-0.39, 0.29) is 0 Å². The Hall–Kier alpha value is -1.44. The van der Waals surface area contributed by atoms with Crippen molar-refractivity contribution < 1.29 is 0 Å². The van der Waals surface area contributed by atoms with E-state index >= 15 is 0 Å². The fourth-order valence-corrected chi connectivity index (χ4v) is 1.71. The quantitative estimate of drug-likeness (QED) is 0.657. The number of aromatic nitrogens is 2. The van der Waals surface area contributed by atoms with Crippen LogP contribution in [0.4, 0.5) is 0 Å². The summed E-state index contributed by atoms with van der Waals surface area (Å²) in [6.45, 7) is 0. The molecule has 2 nitrogen and oxygen atoms in total. The van der Waals surface area contributed by atoms with Crippen molar-refractivity contribution in [2.75, 3.05) is 0 Å². The lowest BCUT2D eigenvalue weighted by atomic mass is 10.1. The molecule has 0 saturated heterocycles. The van der Waals surface area contributed by atoms with Crippen LogP contribution in [0.25, 0.3) is 10.9 Å². The molecule has 1 fully saturated rings. The van der Waals surface area contributed by atoms with Crippen molar-refractivity contribution in [1.29, 1.82) is 0 Å². The normalized spacial score (nSPS) is 16.3. The highest BCUT2D eigenvalue weighted by molar-refractivity contribution is 5.81. The molecule has 1 aromatic heterocycles. The Kier molecular flexibility index (Phi) is 1.36. The first-order valence-electron chi connectivity index (χ1n) is 4.65. The lowest BCUT2D eigenvalue weighted by Crippen LogP contribution is -1.90. The van der Waals surface area contributed by atoms with Crippen LogP contribution in [0.3, 0.4) is 0 Å². The second kappa shape index (κ2) is 2.52. The highest BCUT2D eigenvalue weighted by Gasteiger charge is 2.26. The van der Waals surface area contributed by atoms with E-state index in [0.717, 1.165) is 5.52 Å². The van der Waals surface area contributed by atoms with Gasteiger partial charge in [0, 0.05) is 11.3 Å². The smallest absolute Gasteiger partial charge is 0.116 e. The number of nitrogens with zero attached hydrogens (tertiary/aromatic N) is 2. The summed E-state index contributed by atoms with van der Waals surface area (Å²) >= 11 is 0. The van der Waals surface area contributed by atoms with E-state index in [4.69, 9.17) is 0 Å². The monoisotopic (exact) mass is 170 g/mol. The molecule has 1 aromatic carbocycles. The van der Waals surface area contributed by atoms with Crippen molar-refractivity contribution in [3.63, 3.8) is 0 Å². The molecule has 2 aromatic rings. The third kappa shape index (κ3) is 1.10. The van der Waals surface area contributed by atoms with Crippen LogP contribution in [-0.2, 0) is 0 Å². The van der Waals surface area contributed by atoms with Gasteiger partial charge in [-0.3, -0.25) is 0 Å². The topological polar surface area (TPSA) is 25.8 Å². The van der Waals surface area contributed by atoms with Crippen LogP contribution in [0, 0.1) is 0 Å². The largest absolute Gasteiger partial charge is 0.240 e. The first-order chi connectivity index (χ1) is 6.45. The van der Waals surface area contributed by atoms with Gasteiger partial charge in [-0.15, -0.1) is 0 Å². The van der Waals surface area contributed by atoms with Crippen molar-refractivity contribution in [2.24, 2.45) is 0 Å². The number of fused-ring (bicyclic) bond motifs is 1. The van der Waals surface area contributed by atoms with Gasteiger partial charge in [0.2, 0.25) is 0 Å². The SMILES string of the molecule is c1ccc2c(C3CC3)ncnc2c1. The Bertz CT molecular complexity index is 441. The minimum atomic E-state index is 0.702. The third-order valence-electron chi connectivity index (χ3n) is 2.54. The van der Waals surface area contributed by atoms with Gasteiger partial charge in [0.1, 0.15) is 6.33 Å². The van der Waals surface area contributed by atoms with Gasteiger partial charge in [-0.1, -0.05) is 18.2 Å². The predicted molar refractivity (Wildman–Crippen MR) is 51.5 cm³/mol. The first-order valence-corrected chi connectivity index (χ1v) is 4.65. The lowest BCUT2D eigenvalue weighted by Gasteiger charge is -2.01. The molecular weight excluding hydrogens is 160 g/mol. The summed E-state index contributed by atoms with van der Waals surface area (Å²) in [6, 6.07) is 8.23. The van der Waals surface area contributed by atoms with E-state index in [1.54, 1.807) is 6.33 Å². The minimum Gasteiger partial charge on any atom is -0.240 e. The van der Waals surface area contributed by atoms with E-state index in [2.05, 4.69) is 22.1 Å². The van der Waals surface area contributed by atoms with Crippen LogP contribution in [0.5, 0.6) is 0 Å². The summed E-state index contributed by atoms with van der Waals surface area (Å²) in [7, 11) is 0. The van der Waals surface area contributed by atoms with Gasteiger partial charge in [0.15, 0.2) is 0 Å². The standard InChI is InChI=1S/C11H10N2/c1-2-4-10-9(3-1)11(8-5-6-8)13-7-12-10/h1-4,7-8H,5-6H2. The van der Waals surface area contributed by atoms with Gasteiger partial charge >= 0.3 is 0 Å². The zero-order chi connectivity index (χ0) is 8.67. The van der Waals surface area contributed by atoms with Crippen molar-refractivity contribution in [3.8, 4) is 0 Å². The summed E-state index contributed by atoms with van der Waals surface area (Å²) < 4.78 is 0. The molecule has 0 amide bonds. The van der Waals surface area contributed by atoms with E-state index in [1.807, 2.05) is 12.1 Å². The summed E-state index contributed by atoms with van der Waals surface area (Å²) in [5.74, 6) is 0.702. The maximum Gasteiger partial charge on any atom is 0.116 e. The number of rotatable bonds is 1. The Morgan fingerprint density at radius 1 is 1.08 bits per heavy atom. The number of hydrogen-bond acceptors (Lipinski definition) is 2. The van der Waals surface area contributed by atoms with Crippen LogP contribution in [-0.4, -0.2) is 9.97 Å². The van der Waals surface area contributed by atoms with Crippen LogP contribution in [0.1, 0.15) is 24.5 Å². The van der Waals surface area contributed by atoms with E-state index in [9.17, 15) is 0 Å². The molecule has 64 valence electrons. The Morgan fingerprint density at radius 2 is 1.92 bits per heavy atom. The van der Waals surface area contributed by atoms with E-state index < -0.39 is 0 Å². The second-order valence-electron chi connectivity index (χ2n) is 3.55. The van der Waals surface area contributed by atoms with Gasteiger partial charge in [0.25, 0.3) is 0 Å². The molecule has 1 heterocycles. The second-order valence-corrected chi connectivity index (χ2v) is 3.55. The summed E-state index contributed by atoms with van der Waals surface area (Å²) in [6.07, 6.45) is 4.26. The molecule has 0 aliphatic heterocycles. The molecule has 0 atom stereocenters. The zero-order valence-corrected chi connectivity index (χ0v) is 7.27. The van der Waals surface area contributed by atoms with Gasteiger partial charge in [-0.2, -0.15) is 0 Å². The van der Waals surface area contributed by atoms with Crippen LogP contribution in [0.2, 0.25) is 0 Å². The lowest BCUT2D eigenvalue weighted by molar-refractivity contribution is 1.02. The van der Waals surface area contributed by atoms with Gasteiger partial charge in [-0.25, -0.2) is 9.97 Å². The summed E-state index contributed by atoms with van der Waals surface area (Å²) in [4.78, 5) is 8.60. The average Bonchev–Trinajstić information content (AvgIpc) is 3.00. The summed E-state index contributed by atoms with van der Waals surface area (Å²) in [5.41, 5.74) is 2.31. The molecule has 0 unspecified atom stereocenters. The zero-order valence-electron chi connectivity index (χ0n) is 7.27. The van der Waals surface area contributed by atoms with Crippen molar-refractivity contribution in [3.05, 3.63) is 36.3 Å². The fraction of sp³-hybridized carbons (Fsp3) is 0.273. The maximum atomic E-state index is 4.36. The average molecular weight is 170 g/mol. The molecule has 1 saturated carbocycles. The Balaban J connectivity index is 2.32. The summed E-state index contributed by atoms with van der Waals surface area (Å²) in [5, 5.41) is 1.23. The minimum absolute atomic E-state index is 0.702. The van der Waals surface area contributed by atoms with Gasteiger partial charge in [-0.05, 0) is 18.9 Å². The molecule has 3 rings (SSSR count). The molecule has 1 aliphatic rings. The molecule has 0 N–H and O–H groups in total. The van der Waals surface area contributed by atoms with Crippen LogP contribution in [0.15, 0.2) is 30.6 Å². The van der Waals surface area contributed by atoms with Crippen LogP contribution < -0.4 is 0 Å². The van der Waals surface area contributed by atoms with Gasteiger partial charge in [0.05, 0.1) is 11.2 Å². The molecule has 1 aliphatic carbocycles. The highest BCUT2D eigenvalue weighted by atomic mass is 14.8. The Morgan fingerprint density at radius 3 is 2.77 bits per heavy atom. The number of benzene rings is 1. The highest BCUT2D eigenvalue weighted by Crippen LogP contribution is 2.41. The van der Waals surface area contributed by atoms with Gasteiger partial charge < -0.3 is 0 Å². The molecular formula is C11H10N2. The number of hydrogen-bond donors (Lipinski definition) is 0. The molecule has 0 bridgehead atoms. The maximum absolute atomic E-state index is 4.36. The molecule has 0 radical (unpaired) electrons. The Labute approximate surface area is 76.6 Å². The third-order valence-corrected chi connectivity index (χ3v) is 2.54. The number of para-hydroxylation sites is 1. The first kappa shape index (κ1) is 7.01. The van der Waals surface area contributed by atoms with Crippen molar-refractivity contribution >= 4 is 10.9 Å². The molecule has 13 heavy (non-hydrogen) atoms. The van der Waals surface area contributed by atoms with E-state index in [0.29, 0.717) is 5.92 Å².